The number of nitrogens with one attached hydrogen (secondary N) is 1. The number of rotatable bonds is 4. The molecule has 0 spiro atoms. The smallest absolute Gasteiger partial charge is 0.274 e. The number of fused-ring (bicyclic) bond motifs is 2. The Hall–Kier alpha value is -3.80. The second-order valence-corrected chi connectivity index (χ2v) is 10.4. The molecule has 170 valence electrons. The highest BCUT2D eigenvalue weighted by Gasteiger charge is 2.23. The molecule has 1 N–H and O–H groups in total. The summed E-state index contributed by atoms with van der Waals surface area (Å²) in [5.74, 6) is 0. The molecular weight excluding hydrogens is 472 g/mol. The summed E-state index contributed by atoms with van der Waals surface area (Å²) in [4.78, 5) is 13.2. The Morgan fingerprint density at radius 1 is 1.03 bits per heavy atom. The summed E-state index contributed by atoms with van der Waals surface area (Å²) in [6.07, 6.45) is 1.51. The number of nitriles is 1. The van der Waals surface area contributed by atoms with Crippen LogP contribution in [0.25, 0.3) is 21.8 Å². The molecule has 0 aliphatic carbocycles. The summed E-state index contributed by atoms with van der Waals surface area (Å²) in [6.45, 7) is 3.81. The minimum Gasteiger partial charge on any atom is -0.295 e. The van der Waals surface area contributed by atoms with Crippen LogP contribution >= 0.6 is 11.6 Å². The van der Waals surface area contributed by atoms with Gasteiger partial charge in [-0.05, 0) is 61.9 Å². The second kappa shape index (κ2) is 7.90. The lowest BCUT2D eigenvalue weighted by Gasteiger charge is -2.13. The second-order valence-electron chi connectivity index (χ2n) is 8.22. The molecule has 0 saturated heterocycles. The predicted molar refractivity (Wildman–Crippen MR) is 132 cm³/mol. The largest absolute Gasteiger partial charge is 0.295 e. The Kier molecular flexibility index (Phi) is 5.12. The normalized spacial score (nSPS) is 11.8. The van der Waals surface area contributed by atoms with Crippen molar-refractivity contribution in [3.05, 3.63) is 98.4 Å². The van der Waals surface area contributed by atoms with Crippen LogP contribution in [0.4, 0.5) is 0 Å². The molecule has 2 heterocycles. The van der Waals surface area contributed by atoms with Gasteiger partial charge < -0.3 is 0 Å². The van der Waals surface area contributed by atoms with E-state index in [4.69, 9.17) is 16.9 Å². The van der Waals surface area contributed by atoms with Crippen molar-refractivity contribution in [3.8, 4) is 6.07 Å². The van der Waals surface area contributed by atoms with E-state index in [-0.39, 0.29) is 17.0 Å². The zero-order valence-corrected chi connectivity index (χ0v) is 19.9. The van der Waals surface area contributed by atoms with Crippen molar-refractivity contribution in [2.45, 2.75) is 25.3 Å². The van der Waals surface area contributed by atoms with Crippen LogP contribution in [0.2, 0.25) is 5.02 Å². The first-order valence-corrected chi connectivity index (χ1v) is 12.3. The van der Waals surface area contributed by atoms with E-state index in [0.717, 1.165) is 5.56 Å². The summed E-state index contributed by atoms with van der Waals surface area (Å²) >= 11 is 6.58. The first kappa shape index (κ1) is 22.0. The van der Waals surface area contributed by atoms with Gasteiger partial charge in [0.1, 0.15) is 0 Å². The Labute approximate surface area is 200 Å². The summed E-state index contributed by atoms with van der Waals surface area (Å²) in [6, 6.07) is 17.0. The first-order chi connectivity index (χ1) is 16.2. The molecule has 0 bridgehead atoms. The Morgan fingerprint density at radius 2 is 1.76 bits per heavy atom. The highest BCUT2D eigenvalue weighted by molar-refractivity contribution is 7.90. The molecule has 0 amide bonds. The van der Waals surface area contributed by atoms with Crippen molar-refractivity contribution in [2.24, 2.45) is 0 Å². The van der Waals surface area contributed by atoms with E-state index in [0.29, 0.717) is 43.5 Å². The maximum Gasteiger partial charge on any atom is 0.274 e. The van der Waals surface area contributed by atoms with Crippen LogP contribution < -0.4 is 5.56 Å². The molecule has 0 aliphatic heterocycles. The molecule has 0 fully saturated rings. The fourth-order valence-electron chi connectivity index (χ4n) is 4.20. The standard InChI is InChI=1S/C25H19ClN4O3S/c1-15-3-6-18(7-4-15)34(32,33)30-10-9-19-21(22(26)11-16(2)24(19)30)14-29-25(31)20-12-17(13-27)5-8-23(20)28-29/h3-12,28H,14H2,1-2H3. The number of aryl methyl sites for hydroxylation is 2. The zero-order chi connectivity index (χ0) is 24.2. The van der Waals surface area contributed by atoms with Gasteiger partial charge in [0.05, 0.1) is 39.5 Å². The van der Waals surface area contributed by atoms with E-state index >= 15 is 0 Å². The average Bonchev–Trinajstić information content (AvgIpc) is 3.39. The molecule has 5 aromatic rings. The summed E-state index contributed by atoms with van der Waals surface area (Å²) in [5.41, 5.74) is 3.50. The van der Waals surface area contributed by atoms with E-state index in [2.05, 4.69) is 5.10 Å². The molecule has 0 aliphatic rings. The van der Waals surface area contributed by atoms with Crippen molar-refractivity contribution in [1.29, 1.82) is 5.26 Å². The van der Waals surface area contributed by atoms with Gasteiger partial charge in [0.25, 0.3) is 15.6 Å². The number of hydrogen-bond acceptors (Lipinski definition) is 4. The molecule has 2 aromatic heterocycles. The molecule has 0 atom stereocenters. The summed E-state index contributed by atoms with van der Waals surface area (Å²) < 4.78 is 29.5. The van der Waals surface area contributed by atoms with Gasteiger partial charge >= 0.3 is 0 Å². The van der Waals surface area contributed by atoms with E-state index in [1.165, 1.54) is 14.9 Å². The SMILES string of the molecule is Cc1ccc(S(=O)(=O)n2ccc3c(Cn4[nH]c5ccc(C#N)cc5c4=O)c(Cl)cc(C)c32)cc1. The number of aromatic amines is 1. The number of halogens is 1. The third-order valence-electron chi connectivity index (χ3n) is 5.96. The van der Waals surface area contributed by atoms with Gasteiger partial charge in [-0.15, -0.1) is 0 Å². The quantitative estimate of drug-likeness (QED) is 0.394. The number of hydrogen-bond donors (Lipinski definition) is 1. The van der Waals surface area contributed by atoms with Crippen molar-refractivity contribution in [3.63, 3.8) is 0 Å². The number of H-pyrrole nitrogens is 1. The minimum atomic E-state index is -3.83. The molecule has 3 aromatic carbocycles. The molecule has 0 unspecified atom stereocenters. The van der Waals surface area contributed by atoms with Gasteiger partial charge in [-0.3, -0.25) is 9.89 Å². The van der Waals surface area contributed by atoms with Crippen LogP contribution in [0.5, 0.6) is 0 Å². The van der Waals surface area contributed by atoms with Gasteiger partial charge in [0, 0.05) is 22.2 Å². The highest BCUT2D eigenvalue weighted by Crippen LogP contribution is 2.33. The van der Waals surface area contributed by atoms with Crippen molar-refractivity contribution in [2.75, 3.05) is 0 Å². The summed E-state index contributed by atoms with van der Waals surface area (Å²) in [7, 11) is -3.83. The molecule has 0 saturated carbocycles. The first-order valence-electron chi connectivity index (χ1n) is 10.4. The number of benzene rings is 3. The molecule has 34 heavy (non-hydrogen) atoms. The van der Waals surface area contributed by atoms with Gasteiger partial charge in [0.15, 0.2) is 0 Å². The van der Waals surface area contributed by atoms with Gasteiger partial charge in [-0.25, -0.2) is 17.1 Å². The lowest BCUT2D eigenvalue weighted by atomic mass is 10.1. The van der Waals surface area contributed by atoms with Crippen LogP contribution in [0.1, 0.15) is 22.3 Å². The molecule has 9 heteroatoms. The van der Waals surface area contributed by atoms with Crippen LogP contribution in [0.15, 0.2) is 70.5 Å². The third kappa shape index (κ3) is 3.41. The predicted octanol–water partition coefficient (Wildman–Crippen LogP) is 4.71. The summed E-state index contributed by atoms with van der Waals surface area (Å²) in [5, 5.41) is 13.7. The molecular formula is C25H19ClN4O3S. The molecule has 7 nitrogen and oxygen atoms in total. The zero-order valence-electron chi connectivity index (χ0n) is 18.3. The van der Waals surface area contributed by atoms with E-state index in [9.17, 15) is 13.2 Å². The lowest BCUT2D eigenvalue weighted by Crippen LogP contribution is -2.18. The van der Waals surface area contributed by atoms with Crippen molar-refractivity contribution < 1.29 is 8.42 Å². The average molecular weight is 491 g/mol. The van der Waals surface area contributed by atoms with Crippen LogP contribution in [0, 0.1) is 25.2 Å². The third-order valence-corrected chi connectivity index (χ3v) is 7.98. The van der Waals surface area contributed by atoms with Crippen LogP contribution in [-0.2, 0) is 16.6 Å². The Morgan fingerprint density at radius 3 is 2.47 bits per heavy atom. The maximum atomic E-state index is 13.4. The number of aromatic nitrogens is 3. The van der Waals surface area contributed by atoms with Crippen molar-refractivity contribution in [1.82, 2.24) is 13.8 Å². The van der Waals surface area contributed by atoms with Gasteiger partial charge in [-0.2, -0.15) is 5.26 Å². The van der Waals surface area contributed by atoms with E-state index in [1.54, 1.807) is 61.5 Å². The Bertz CT molecular complexity index is 1800. The topological polar surface area (TPSA) is 101 Å². The van der Waals surface area contributed by atoms with Crippen molar-refractivity contribution >= 4 is 43.4 Å². The lowest BCUT2D eigenvalue weighted by molar-refractivity contribution is 0.589. The monoisotopic (exact) mass is 490 g/mol. The van der Waals surface area contributed by atoms with E-state index < -0.39 is 10.0 Å². The van der Waals surface area contributed by atoms with Crippen LogP contribution in [0.3, 0.4) is 0 Å². The number of nitrogens with zero attached hydrogens (tertiary/aromatic N) is 3. The Balaban J connectivity index is 1.67. The minimum absolute atomic E-state index is 0.111. The van der Waals surface area contributed by atoms with Gasteiger partial charge in [-0.1, -0.05) is 29.3 Å². The molecule has 5 rings (SSSR count). The van der Waals surface area contributed by atoms with Crippen LogP contribution in [-0.4, -0.2) is 22.2 Å². The van der Waals surface area contributed by atoms with E-state index in [1.807, 2.05) is 13.0 Å². The van der Waals surface area contributed by atoms with Gasteiger partial charge in [0.2, 0.25) is 0 Å². The fraction of sp³-hybridized carbons (Fsp3) is 0.120. The molecule has 0 radical (unpaired) electrons. The fourth-order valence-corrected chi connectivity index (χ4v) is 5.94. The maximum absolute atomic E-state index is 13.4. The highest BCUT2D eigenvalue weighted by atomic mass is 35.5.